The second-order valence-electron chi connectivity index (χ2n) is 3.09. The van der Waals surface area contributed by atoms with E-state index in [9.17, 15) is 0 Å². The molecule has 0 aliphatic rings. The lowest BCUT2D eigenvalue weighted by molar-refractivity contribution is 0.681. The lowest BCUT2D eigenvalue weighted by Gasteiger charge is -2.07. The number of hydrogen-bond acceptors (Lipinski definition) is 1. The van der Waals surface area contributed by atoms with Crippen LogP contribution in [0, 0.1) is 5.92 Å². The van der Waals surface area contributed by atoms with Crippen molar-refractivity contribution in [3.05, 3.63) is 11.6 Å². The highest BCUT2D eigenvalue weighted by Gasteiger charge is 1.96. The van der Waals surface area contributed by atoms with Gasteiger partial charge in [-0.3, -0.25) is 0 Å². The van der Waals surface area contributed by atoms with Crippen LogP contribution >= 0.6 is 0 Å². The van der Waals surface area contributed by atoms with Crippen LogP contribution in [0.25, 0.3) is 0 Å². The smallest absolute Gasteiger partial charge is 0.0161 e. The van der Waals surface area contributed by atoms with E-state index >= 15 is 0 Å². The van der Waals surface area contributed by atoms with Crippen molar-refractivity contribution in [1.29, 1.82) is 0 Å². The van der Waals surface area contributed by atoms with E-state index in [1.807, 2.05) is 7.05 Å². The summed E-state index contributed by atoms with van der Waals surface area (Å²) in [7, 11) is 2.00. The van der Waals surface area contributed by atoms with Gasteiger partial charge in [-0.1, -0.05) is 38.8 Å². The van der Waals surface area contributed by atoms with Crippen LogP contribution in [0.15, 0.2) is 11.6 Å². The highest BCUT2D eigenvalue weighted by molar-refractivity contribution is 5.04. The van der Waals surface area contributed by atoms with Gasteiger partial charge in [0.2, 0.25) is 0 Å². The van der Waals surface area contributed by atoms with Gasteiger partial charge in [-0.05, 0) is 19.4 Å². The number of likely N-dealkylation sites (N-methyl/N-ethyl adjacent to an activating group) is 1. The summed E-state index contributed by atoms with van der Waals surface area (Å²) in [6.45, 7) is 7.76. The lowest BCUT2D eigenvalue weighted by Crippen LogP contribution is -2.10. The van der Waals surface area contributed by atoms with Crippen LogP contribution in [-0.4, -0.2) is 13.6 Å². The van der Waals surface area contributed by atoms with E-state index in [1.165, 1.54) is 18.4 Å². The summed E-state index contributed by atoms with van der Waals surface area (Å²) in [6.07, 6.45) is 4.80. The normalized spacial score (nSPS) is 15.1. The van der Waals surface area contributed by atoms with E-state index in [0.29, 0.717) is 0 Å². The zero-order chi connectivity index (χ0) is 8.69. The zero-order valence-corrected chi connectivity index (χ0v) is 8.28. The molecule has 1 N–H and O–H groups in total. The summed E-state index contributed by atoms with van der Waals surface area (Å²) in [5.41, 5.74) is 1.53. The number of nitrogens with one attached hydrogen (secondary N) is 1. The van der Waals surface area contributed by atoms with Gasteiger partial charge in [0.25, 0.3) is 0 Å². The first-order valence-corrected chi connectivity index (χ1v) is 4.58. The molecular weight excluding hydrogens is 134 g/mol. The van der Waals surface area contributed by atoms with Crippen LogP contribution in [0.5, 0.6) is 0 Å². The average Bonchev–Trinajstić information content (AvgIpc) is 2.03. The van der Waals surface area contributed by atoms with Crippen molar-refractivity contribution >= 4 is 0 Å². The first kappa shape index (κ1) is 10.7. The molecule has 1 nitrogen and oxygen atoms in total. The minimum atomic E-state index is 0.735. The molecule has 0 aromatic rings. The van der Waals surface area contributed by atoms with Gasteiger partial charge in [0, 0.05) is 6.54 Å². The molecule has 1 heteroatoms. The summed E-state index contributed by atoms with van der Waals surface area (Å²) >= 11 is 0. The zero-order valence-electron chi connectivity index (χ0n) is 8.28. The second-order valence-corrected chi connectivity index (χ2v) is 3.09. The maximum Gasteiger partial charge on any atom is 0.0161 e. The molecular formula is C10H21N. The third-order valence-electron chi connectivity index (χ3n) is 2.02. The molecule has 0 aromatic carbocycles. The van der Waals surface area contributed by atoms with E-state index in [2.05, 4.69) is 32.2 Å². The van der Waals surface area contributed by atoms with Crippen molar-refractivity contribution < 1.29 is 0 Å². The van der Waals surface area contributed by atoms with E-state index in [1.54, 1.807) is 0 Å². The van der Waals surface area contributed by atoms with E-state index in [4.69, 9.17) is 0 Å². The van der Waals surface area contributed by atoms with Gasteiger partial charge in [0.05, 0.1) is 0 Å². The molecule has 1 unspecified atom stereocenters. The summed E-state index contributed by atoms with van der Waals surface area (Å²) in [6, 6.07) is 0. The third kappa shape index (κ3) is 5.02. The summed E-state index contributed by atoms with van der Waals surface area (Å²) in [5, 5.41) is 3.18. The van der Waals surface area contributed by atoms with E-state index in [-0.39, 0.29) is 0 Å². The van der Waals surface area contributed by atoms with Crippen molar-refractivity contribution in [3.63, 3.8) is 0 Å². The molecule has 0 fully saturated rings. The topological polar surface area (TPSA) is 12.0 Å². The van der Waals surface area contributed by atoms with Crippen molar-refractivity contribution in [3.8, 4) is 0 Å². The molecule has 0 saturated carbocycles. The maximum atomic E-state index is 3.18. The number of allylic oxidation sites excluding steroid dienone is 1. The predicted molar refractivity (Wildman–Crippen MR) is 51.8 cm³/mol. The fourth-order valence-electron chi connectivity index (χ4n) is 1.05. The Kier molecular flexibility index (Phi) is 6.24. The van der Waals surface area contributed by atoms with Gasteiger partial charge < -0.3 is 5.32 Å². The van der Waals surface area contributed by atoms with Gasteiger partial charge in [-0.2, -0.15) is 0 Å². The molecule has 0 radical (unpaired) electrons. The van der Waals surface area contributed by atoms with Gasteiger partial charge in [-0.15, -0.1) is 0 Å². The van der Waals surface area contributed by atoms with Crippen LogP contribution in [0.3, 0.4) is 0 Å². The Labute approximate surface area is 70.9 Å². The summed E-state index contributed by atoms with van der Waals surface area (Å²) in [5.74, 6) is 0.735. The largest absolute Gasteiger partial charge is 0.316 e. The van der Waals surface area contributed by atoms with E-state index < -0.39 is 0 Å². The van der Waals surface area contributed by atoms with Crippen molar-refractivity contribution in [2.24, 2.45) is 5.92 Å². The molecule has 0 rings (SSSR count). The summed E-state index contributed by atoms with van der Waals surface area (Å²) in [4.78, 5) is 0. The molecule has 0 aliphatic carbocycles. The first-order valence-electron chi connectivity index (χ1n) is 4.58. The molecule has 0 saturated heterocycles. The molecule has 0 amide bonds. The van der Waals surface area contributed by atoms with Gasteiger partial charge in [0.1, 0.15) is 0 Å². The molecule has 66 valence electrons. The summed E-state index contributed by atoms with van der Waals surface area (Å²) < 4.78 is 0. The Bertz CT molecular complexity index is 116. The Morgan fingerprint density at radius 3 is 2.45 bits per heavy atom. The van der Waals surface area contributed by atoms with Gasteiger partial charge in [0.15, 0.2) is 0 Å². The first-order chi connectivity index (χ1) is 5.24. The van der Waals surface area contributed by atoms with Crippen LogP contribution in [0.4, 0.5) is 0 Å². The fraction of sp³-hybridized carbons (Fsp3) is 0.800. The molecule has 11 heavy (non-hydrogen) atoms. The standard InChI is InChI=1S/C10H21N/c1-5-9(3)7-10(6-2)8-11-4/h7,9,11H,5-6,8H2,1-4H3/b10-7-. The monoisotopic (exact) mass is 155 g/mol. The molecule has 0 heterocycles. The highest BCUT2D eigenvalue weighted by Crippen LogP contribution is 2.08. The molecule has 1 atom stereocenters. The molecule has 0 bridgehead atoms. The Morgan fingerprint density at radius 2 is 2.09 bits per heavy atom. The third-order valence-corrected chi connectivity index (χ3v) is 2.02. The van der Waals surface area contributed by atoms with Crippen molar-refractivity contribution in [1.82, 2.24) is 5.32 Å². The van der Waals surface area contributed by atoms with Crippen LogP contribution < -0.4 is 5.32 Å². The molecule has 0 aromatic heterocycles. The number of hydrogen-bond donors (Lipinski definition) is 1. The Hall–Kier alpha value is -0.300. The highest BCUT2D eigenvalue weighted by atomic mass is 14.8. The van der Waals surface area contributed by atoms with Gasteiger partial charge in [-0.25, -0.2) is 0 Å². The second kappa shape index (κ2) is 6.41. The van der Waals surface area contributed by atoms with Crippen LogP contribution in [-0.2, 0) is 0 Å². The average molecular weight is 155 g/mol. The maximum absolute atomic E-state index is 3.18. The SMILES string of the molecule is CC/C(=C/C(C)CC)CNC. The Morgan fingerprint density at radius 1 is 1.45 bits per heavy atom. The predicted octanol–water partition coefficient (Wildman–Crippen LogP) is 2.59. The molecule has 0 spiro atoms. The van der Waals surface area contributed by atoms with Crippen molar-refractivity contribution in [2.75, 3.05) is 13.6 Å². The van der Waals surface area contributed by atoms with E-state index in [0.717, 1.165) is 12.5 Å². The Balaban J connectivity index is 3.88. The fourth-order valence-corrected chi connectivity index (χ4v) is 1.05. The quantitative estimate of drug-likeness (QED) is 0.602. The van der Waals surface area contributed by atoms with Crippen molar-refractivity contribution in [2.45, 2.75) is 33.6 Å². The van der Waals surface area contributed by atoms with Gasteiger partial charge >= 0.3 is 0 Å². The number of rotatable bonds is 5. The van der Waals surface area contributed by atoms with Crippen LogP contribution in [0.2, 0.25) is 0 Å². The minimum absolute atomic E-state index is 0.735. The lowest BCUT2D eigenvalue weighted by atomic mass is 10.0. The van der Waals surface area contributed by atoms with Crippen LogP contribution in [0.1, 0.15) is 33.6 Å². The minimum Gasteiger partial charge on any atom is -0.316 e. The molecule has 0 aliphatic heterocycles.